The van der Waals surface area contributed by atoms with Crippen molar-refractivity contribution >= 4 is 39.1 Å². The molecule has 0 aliphatic carbocycles. The smallest absolute Gasteiger partial charge is 0.371 e. The van der Waals surface area contributed by atoms with Crippen molar-refractivity contribution in [3.05, 3.63) is 110 Å². The average Bonchev–Trinajstić information content (AvgIpc) is 3.92. The maximum absolute atomic E-state index is 15.7. The molecule has 6 aromatic rings. The Morgan fingerprint density at radius 3 is 1.97 bits per heavy atom. The number of benzene rings is 2. The second-order valence-electron chi connectivity index (χ2n) is 18.8. The van der Waals surface area contributed by atoms with Crippen LogP contribution in [0, 0.1) is 40.2 Å². The van der Waals surface area contributed by atoms with Crippen molar-refractivity contribution in [3.63, 3.8) is 0 Å². The predicted octanol–water partition coefficient (Wildman–Crippen LogP) is 7.36. The lowest BCUT2D eigenvalue weighted by Crippen LogP contribution is -2.57. The number of rotatable bonds is 11. The van der Waals surface area contributed by atoms with Crippen LogP contribution in [-0.2, 0) is 36.8 Å². The highest BCUT2D eigenvalue weighted by Crippen LogP contribution is 2.43. The number of methoxy groups -OCH3 is 1. The van der Waals surface area contributed by atoms with Gasteiger partial charge in [0, 0.05) is 94.4 Å². The van der Waals surface area contributed by atoms with Crippen LogP contribution in [0.1, 0.15) is 70.7 Å². The van der Waals surface area contributed by atoms with Gasteiger partial charge in [-0.3, -0.25) is 28.4 Å². The Morgan fingerprint density at radius 2 is 1.36 bits per heavy atom. The number of hydrogen-bond donors (Lipinski definition) is 0. The van der Waals surface area contributed by atoms with Crippen molar-refractivity contribution in [2.75, 3.05) is 48.5 Å². The SMILES string of the molecule is COC(C)(c1cc(F)ccc1C(C)N1C[C@H](C)N(c2cc(=O)n(C)c3cn(CC#N)nc23)C[C@H]1C)n1c(=O)cc(N2C[C@@H](C)C(N(C)c3ccc(F)cc3C(F)(F)F)C[C@@H]2C)c2nn(CC#N)cc21. The van der Waals surface area contributed by atoms with Crippen LogP contribution in [0.15, 0.2) is 70.5 Å². The third kappa shape index (κ3) is 8.58. The van der Waals surface area contributed by atoms with E-state index in [4.69, 9.17) is 9.84 Å². The summed E-state index contributed by atoms with van der Waals surface area (Å²) in [6.07, 6.45) is -1.12. The molecule has 0 bridgehead atoms. The Balaban J connectivity index is 1.14. The van der Waals surface area contributed by atoms with Gasteiger partial charge in [-0.25, -0.2) is 8.78 Å². The van der Waals surface area contributed by atoms with Gasteiger partial charge in [-0.15, -0.1) is 0 Å². The highest BCUT2D eigenvalue weighted by atomic mass is 19.4. The molecular weight excluding hydrogens is 900 g/mol. The molecule has 3 unspecified atom stereocenters. The molecule has 0 radical (unpaired) electrons. The molecule has 2 fully saturated rings. The largest absolute Gasteiger partial charge is 0.418 e. The number of alkyl halides is 3. The summed E-state index contributed by atoms with van der Waals surface area (Å²) in [5.41, 5.74) is 0.532. The summed E-state index contributed by atoms with van der Waals surface area (Å²) in [6, 6.07) is 13.0. The quantitative estimate of drug-likeness (QED) is 0.120. The van der Waals surface area contributed by atoms with E-state index in [-0.39, 0.29) is 54.4 Å². The van der Waals surface area contributed by atoms with Gasteiger partial charge in [-0.1, -0.05) is 13.0 Å². The molecule has 364 valence electrons. The van der Waals surface area contributed by atoms with Crippen LogP contribution < -0.4 is 25.8 Å². The maximum atomic E-state index is 15.7. The van der Waals surface area contributed by atoms with Gasteiger partial charge in [0.05, 0.1) is 52.5 Å². The summed E-state index contributed by atoms with van der Waals surface area (Å²) in [4.78, 5) is 36.1. The molecule has 2 saturated heterocycles. The summed E-state index contributed by atoms with van der Waals surface area (Å²) in [6.45, 7) is 12.9. The second kappa shape index (κ2) is 18.3. The van der Waals surface area contributed by atoms with E-state index in [0.717, 1.165) is 12.1 Å². The van der Waals surface area contributed by atoms with E-state index in [0.29, 0.717) is 76.7 Å². The number of hydrogen-bond acceptors (Lipinski definition) is 11. The van der Waals surface area contributed by atoms with Crippen LogP contribution in [0.25, 0.3) is 22.1 Å². The third-order valence-corrected chi connectivity index (χ3v) is 14.4. The molecule has 8 rings (SSSR count). The molecule has 2 aliphatic rings. The Hall–Kier alpha value is -6.77. The summed E-state index contributed by atoms with van der Waals surface area (Å²) >= 11 is 0. The molecule has 6 heterocycles. The minimum Gasteiger partial charge on any atom is -0.371 e. The topological polar surface area (TPSA) is 149 Å². The van der Waals surface area contributed by atoms with Gasteiger partial charge in [0.2, 0.25) is 0 Å². The van der Waals surface area contributed by atoms with E-state index in [1.54, 1.807) is 50.4 Å². The van der Waals surface area contributed by atoms with Crippen molar-refractivity contribution in [3.8, 4) is 12.1 Å². The van der Waals surface area contributed by atoms with Gasteiger partial charge in [-0.05, 0) is 82.9 Å². The fraction of sp³-hybridized carbons (Fsp3) is 0.469. The summed E-state index contributed by atoms with van der Waals surface area (Å²) < 4.78 is 84.4. The number of piperazine rings is 1. The molecule has 4 aromatic heterocycles. The first-order chi connectivity index (χ1) is 32.6. The zero-order valence-electron chi connectivity index (χ0n) is 40.0. The number of pyridine rings is 2. The second-order valence-corrected chi connectivity index (χ2v) is 18.8. The number of aromatic nitrogens is 6. The number of nitriles is 2. The van der Waals surface area contributed by atoms with Crippen molar-refractivity contribution in [2.24, 2.45) is 13.0 Å². The van der Waals surface area contributed by atoms with Crippen LogP contribution in [0.2, 0.25) is 0 Å². The van der Waals surface area contributed by atoms with Crippen molar-refractivity contribution in [1.29, 1.82) is 10.5 Å². The van der Waals surface area contributed by atoms with Crippen LogP contribution in [0.5, 0.6) is 0 Å². The molecule has 15 nitrogen and oxygen atoms in total. The molecule has 20 heteroatoms. The molecule has 2 aromatic carbocycles. The normalized spacial score (nSPS) is 21.6. The number of ether oxygens (including phenoxy) is 1. The highest BCUT2D eigenvalue weighted by Gasteiger charge is 2.43. The Labute approximate surface area is 395 Å². The molecule has 0 N–H and O–H groups in total. The Kier molecular flexibility index (Phi) is 12.9. The minimum atomic E-state index is -4.78. The number of halogens is 5. The van der Waals surface area contributed by atoms with Gasteiger partial charge in [0.1, 0.15) is 35.8 Å². The first-order valence-electron chi connectivity index (χ1n) is 22.8. The standard InChI is InChI=1S/C49H55F5N12O3/c1-28-23-64(29(2)18-39(28)59(7)38-13-11-34(51)20-37(38)49(52,53)54)41-22-45(68)66(43-27-62(17-15-56)58-47(41)43)48(6,69-9)36-19-33(50)10-12-35(36)32(5)63-24-31(4)65(25-30(63)3)40-21-44(67)60(8)42-26-61(16-14-55)57-46(40)42/h10-13,19-22,26-32,39H,16-18,23-25H2,1-9H3/t28-,29+,30-,31+,32?,39?,48?/m1/s1. The number of nitrogens with zero attached hydrogens (tertiary/aromatic N) is 12. The monoisotopic (exact) mass is 954 g/mol. The van der Waals surface area contributed by atoms with E-state index in [1.807, 2.05) is 25.7 Å². The van der Waals surface area contributed by atoms with Crippen molar-refractivity contribution in [2.45, 2.75) is 103 Å². The molecule has 0 amide bonds. The van der Waals surface area contributed by atoms with Crippen molar-refractivity contribution in [1.82, 2.24) is 33.6 Å². The molecule has 7 atom stereocenters. The number of anilines is 3. The van der Waals surface area contributed by atoms with Crippen LogP contribution >= 0.6 is 0 Å². The van der Waals surface area contributed by atoms with Gasteiger partial charge in [0.25, 0.3) is 11.1 Å². The van der Waals surface area contributed by atoms with E-state index >= 15 is 4.39 Å². The number of fused-ring (bicyclic) bond motifs is 2. The van der Waals surface area contributed by atoms with Crippen LogP contribution in [-0.4, -0.2) is 91.6 Å². The summed E-state index contributed by atoms with van der Waals surface area (Å²) in [5, 5.41) is 28.6. The maximum Gasteiger partial charge on any atom is 0.418 e. The van der Waals surface area contributed by atoms with Crippen molar-refractivity contribution < 1.29 is 26.7 Å². The fourth-order valence-corrected chi connectivity index (χ4v) is 10.8. The third-order valence-electron chi connectivity index (χ3n) is 14.4. The molecule has 2 aliphatic heterocycles. The lowest BCUT2D eigenvalue weighted by atomic mass is 9.87. The lowest BCUT2D eigenvalue weighted by Gasteiger charge is -2.48. The molecule has 69 heavy (non-hydrogen) atoms. The minimum absolute atomic E-state index is 0.0280. The molecule has 0 spiro atoms. The molecule has 0 saturated carbocycles. The fourth-order valence-electron chi connectivity index (χ4n) is 10.8. The predicted molar refractivity (Wildman–Crippen MR) is 252 cm³/mol. The lowest BCUT2D eigenvalue weighted by molar-refractivity contribution is -0.137. The summed E-state index contributed by atoms with van der Waals surface area (Å²) in [7, 11) is 4.68. The molecular formula is C49H55F5N12O3. The van der Waals surface area contributed by atoms with E-state index in [2.05, 4.69) is 40.9 Å². The number of aryl methyl sites for hydroxylation is 1. The Morgan fingerprint density at radius 1 is 0.797 bits per heavy atom. The van der Waals surface area contributed by atoms with Gasteiger partial charge < -0.3 is 24.0 Å². The van der Waals surface area contributed by atoms with E-state index < -0.39 is 40.7 Å². The van der Waals surface area contributed by atoms with Gasteiger partial charge in [0.15, 0.2) is 5.72 Å². The highest BCUT2D eigenvalue weighted by molar-refractivity contribution is 5.89. The number of piperidine rings is 1. The zero-order chi connectivity index (χ0) is 50.0. The zero-order valence-corrected chi connectivity index (χ0v) is 40.0. The van der Waals surface area contributed by atoms with Gasteiger partial charge in [-0.2, -0.15) is 33.9 Å². The first kappa shape index (κ1) is 48.7. The Bertz CT molecular complexity index is 3150. The van der Waals surface area contributed by atoms with Gasteiger partial charge >= 0.3 is 6.18 Å². The van der Waals surface area contributed by atoms with E-state index in [9.17, 15) is 37.7 Å². The van der Waals surface area contributed by atoms with E-state index in [1.165, 1.54) is 43.8 Å². The first-order valence-corrected chi connectivity index (χ1v) is 22.8. The van der Waals surface area contributed by atoms with Crippen LogP contribution in [0.3, 0.4) is 0 Å². The van der Waals surface area contributed by atoms with Crippen LogP contribution in [0.4, 0.5) is 39.0 Å². The summed E-state index contributed by atoms with van der Waals surface area (Å²) in [5.74, 6) is -1.79. The average molecular weight is 955 g/mol.